The number of ether oxygens (including phenoxy) is 1. The second kappa shape index (κ2) is 8.79. The maximum absolute atomic E-state index is 13.3. The zero-order valence-electron chi connectivity index (χ0n) is 15.6. The Balaban J connectivity index is 1.34. The highest BCUT2D eigenvalue weighted by molar-refractivity contribution is 6.32. The summed E-state index contributed by atoms with van der Waals surface area (Å²) in [7, 11) is 0. The van der Waals surface area contributed by atoms with Crippen LogP contribution in [0.25, 0.3) is 0 Å². The molecule has 0 saturated carbocycles. The van der Waals surface area contributed by atoms with Gasteiger partial charge in [0.05, 0.1) is 11.6 Å². The van der Waals surface area contributed by atoms with Crippen molar-refractivity contribution in [3.05, 3.63) is 94.9 Å². The second-order valence-corrected chi connectivity index (χ2v) is 6.74. The average molecular weight is 427 g/mol. The Kier molecular flexibility index (Phi) is 5.76. The van der Waals surface area contributed by atoms with Crippen LogP contribution in [0.1, 0.15) is 21.9 Å². The number of furan rings is 1. The largest absolute Gasteiger partial charge is 0.484 e. The van der Waals surface area contributed by atoms with Crippen LogP contribution in [-0.4, -0.2) is 20.7 Å². The zero-order chi connectivity index (χ0) is 20.9. The minimum Gasteiger partial charge on any atom is -0.484 e. The lowest BCUT2D eigenvalue weighted by atomic mass is 10.2. The van der Waals surface area contributed by atoms with Gasteiger partial charge in [-0.05, 0) is 42.0 Å². The average Bonchev–Trinajstić information content (AvgIpc) is 3.37. The molecule has 0 unspecified atom stereocenters. The summed E-state index contributed by atoms with van der Waals surface area (Å²) < 4.78 is 25.9. The van der Waals surface area contributed by atoms with Crippen molar-refractivity contribution in [2.24, 2.45) is 0 Å². The second-order valence-electron chi connectivity index (χ2n) is 6.33. The monoisotopic (exact) mass is 426 g/mol. The molecule has 30 heavy (non-hydrogen) atoms. The van der Waals surface area contributed by atoms with Crippen LogP contribution in [0.5, 0.6) is 5.75 Å². The molecule has 1 amide bonds. The number of halogens is 2. The Hall–Kier alpha value is -3.65. The molecule has 0 saturated heterocycles. The molecule has 0 fully saturated rings. The SMILES string of the molecule is O=C(Nc1ncn(Cc2cccc(F)c2)n1)c1ccc(COc2ccccc2Cl)o1. The summed E-state index contributed by atoms with van der Waals surface area (Å²) in [5.41, 5.74) is 0.729. The molecule has 0 atom stereocenters. The maximum Gasteiger partial charge on any atom is 0.293 e. The third-order valence-corrected chi connectivity index (χ3v) is 4.40. The Morgan fingerprint density at radius 2 is 2.03 bits per heavy atom. The van der Waals surface area contributed by atoms with Gasteiger partial charge < -0.3 is 9.15 Å². The molecule has 0 spiro atoms. The number of hydrogen-bond acceptors (Lipinski definition) is 5. The Bertz CT molecular complexity index is 1170. The molecule has 2 aromatic heterocycles. The fourth-order valence-electron chi connectivity index (χ4n) is 2.70. The van der Waals surface area contributed by atoms with Crippen LogP contribution in [0, 0.1) is 5.82 Å². The highest BCUT2D eigenvalue weighted by Gasteiger charge is 2.14. The fraction of sp³-hybridized carbons (Fsp3) is 0.0952. The van der Waals surface area contributed by atoms with E-state index < -0.39 is 5.91 Å². The van der Waals surface area contributed by atoms with Crippen molar-refractivity contribution in [1.29, 1.82) is 0 Å². The number of rotatable bonds is 7. The summed E-state index contributed by atoms with van der Waals surface area (Å²) in [4.78, 5) is 16.4. The van der Waals surface area contributed by atoms with E-state index in [1.54, 1.807) is 36.4 Å². The molecular weight excluding hydrogens is 411 g/mol. The molecule has 0 bridgehead atoms. The summed E-state index contributed by atoms with van der Waals surface area (Å²) in [5.74, 6) is 0.367. The highest BCUT2D eigenvalue weighted by Crippen LogP contribution is 2.24. The van der Waals surface area contributed by atoms with E-state index in [0.29, 0.717) is 23.1 Å². The van der Waals surface area contributed by atoms with Gasteiger partial charge in [0.2, 0.25) is 5.95 Å². The lowest BCUT2D eigenvalue weighted by Crippen LogP contribution is -2.12. The predicted octanol–water partition coefficient (Wildman–Crippen LogP) is 4.54. The van der Waals surface area contributed by atoms with Gasteiger partial charge in [-0.2, -0.15) is 0 Å². The van der Waals surface area contributed by atoms with Crippen molar-refractivity contribution in [2.75, 3.05) is 5.32 Å². The lowest BCUT2D eigenvalue weighted by Gasteiger charge is -2.05. The quantitative estimate of drug-likeness (QED) is 0.469. The molecule has 4 rings (SSSR count). The first kappa shape index (κ1) is 19.7. The highest BCUT2D eigenvalue weighted by atomic mass is 35.5. The topological polar surface area (TPSA) is 82.2 Å². The van der Waals surface area contributed by atoms with Gasteiger partial charge in [-0.3, -0.25) is 10.1 Å². The number of para-hydroxylation sites is 1. The number of hydrogen-bond donors (Lipinski definition) is 1. The summed E-state index contributed by atoms with van der Waals surface area (Å²) in [6.07, 6.45) is 1.45. The molecule has 7 nitrogen and oxygen atoms in total. The van der Waals surface area contributed by atoms with Crippen LogP contribution in [0.4, 0.5) is 10.3 Å². The number of carbonyl (C=O) groups is 1. The van der Waals surface area contributed by atoms with E-state index in [9.17, 15) is 9.18 Å². The van der Waals surface area contributed by atoms with Crippen LogP contribution in [0.3, 0.4) is 0 Å². The number of benzene rings is 2. The number of carbonyl (C=O) groups excluding carboxylic acids is 1. The van der Waals surface area contributed by atoms with Gasteiger partial charge in [0, 0.05) is 0 Å². The van der Waals surface area contributed by atoms with Crippen LogP contribution in [0.15, 0.2) is 71.4 Å². The summed E-state index contributed by atoms with van der Waals surface area (Å²) in [6, 6.07) is 16.4. The van der Waals surface area contributed by atoms with Crippen molar-refractivity contribution in [3.63, 3.8) is 0 Å². The Morgan fingerprint density at radius 3 is 2.87 bits per heavy atom. The normalized spacial score (nSPS) is 10.7. The number of anilines is 1. The first-order chi connectivity index (χ1) is 14.6. The third kappa shape index (κ3) is 4.84. The molecule has 1 N–H and O–H groups in total. The molecule has 152 valence electrons. The van der Waals surface area contributed by atoms with E-state index in [1.807, 2.05) is 6.07 Å². The van der Waals surface area contributed by atoms with Crippen molar-refractivity contribution >= 4 is 23.5 Å². The van der Waals surface area contributed by atoms with E-state index in [-0.39, 0.29) is 24.1 Å². The van der Waals surface area contributed by atoms with Gasteiger partial charge in [0.25, 0.3) is 5.91 Å². The van der Waals surface area contributed by atoms with Gasteiger partial charge in [0.15, 0.2) is 5.76 Å². The molecule has 2 heterocycles. The molecule has 2 aromatic carbocycles. The van der Waals surface area contributed by atoms with Crippen molar-refractivity contribution < 1.29 is 18.3 Å². The van der Waals surface area contributed by atoms with E-state index in [2.05, 4.69) is 15.4 Å². The third-order valence-electron chi connectivity index (χ3n) is 4.09. The van der Waals surface area contributed by atoms with Crippen LogP contribution in [-0.2, 0) is 13.2 Å². The zero-order valence-corrected chi connectivity index (χ0v) is 16.3. The Labute approximate surface area is 176 Å². The van der Waals surface area contributed by atoms with Crippen molar-refractivity contribution in [3.8, 4) is 5.75 Å². The number of nitrogens with one attached hydrogen (secondary N) is 1. The first-order valence-electron chi connectivity index (χ1n) is 8.98. The van der Waals surface area contributed by atoms with Gasteiger partial charge in [0.1, 0.15) is 30.3 Å². The molecule has 4 aromatic rings. The molecule has 9 heteroatoms. The minimum absolute atomic E-state index is 0.0919. The van der Waals surface area contributed by atoms with Gasteiger partial charge >= 0.3 is 0 Å². The van der Waals surface area contributed by atoms with Gasteiger partial charge in [-0.1, -0.05) is 35.9 Å². The van der Waals surface area contributed by atoms with Crippen LogP contribution >= 0.6 is 11.6 Å². The first-order valence-corrected chi connectivity index (χ1v) is 9.36. The number of amides is 1. The molecule has 0 aliphatic heterocycles. The maximum atomic E-state index is 13.3. The van der Waals surface area contributed by atoms with E-state index in [1.165, 1.54) is 29.2 Å². The Morgan fingerprint density at radius 1 is 1.17 bits per heavy atom. The summed E-state index contributed by atoms with van der Waals surface area (Å²) in [5, 5.41) is 7.21. The summed E-state index contributed by atoms with van der Waals surface area (Å²) >= 11 is 6.04. The smallest absolute Gasteiger partial charge is 0.293 e. The number of nitrogens with zero attached hydrogens (tertiary/aromatic N) is 3. The van der Waals surface area contributed by atoms with E-state index >= 15 is 0 Å². The molecular formula is C21H16ClFN4O3. The summed E-state index contributed by atoms with van der Waals surface area (Å²) in [6.45, 7) is 0.447. The predicted molar refractivity (Wildman–Crippen MR) is 108 cm³/mol. The molecule has 0 aliphatic rings. The minimum atomic E-state index is -0.498. The van der Waals surface area contributed by atoms with Crippen molar-refractivity contribution in [2.45, 2.75) is 13.2 Å². The fourth-order valence-corrected chi connectivity index (χ4v) is 2.89. The van der Waals surface area contributed by atoms with E-state index in [4.69, 9.17) is 20.8 Å². The van der Waals surface area contributed by atoms with Gasteiger partial charge in [-0.15, -0.1) is 5.10 Å². The molecule has 0 radical (unpaired) electrons. The standard InChI is InChI=1S/C21H16ClFN4O3/c22-17-6-1-2-7-18(17)29-12-16-8-9-19(30-16)20(28)25-21-24-13-27(26-21)11-14-4-3-5-15(23)10-14/h1-10,13H,11-12H2,(H,25,26,28). The van der Waals surface area contributed by atoms with E-state index in [0.717, 1.165) is 5.56 Å². The molecule has 0 aliphatic carbocycles. The van der Waals surface area contributed by atoms with Crippen LogP contribution < -0.4 is 10.1 Å². The van der Waals surface area contributed by atoms with Crippen molar-refractivity contribution in [1.82, 2.24) is 14.8 Å². The van der Waals surface area contributed by atoms with Crippen LogP contribution in [0.2, 0.25) is 5.02 Å². The number of aromatic nitrogens is 3. The van der Waals surface area contributed by atoms with Gasteiger partial charge in [-0.25, -0.2) is 14.1 Å². The lowest BCUT2D eigenvalue weighted by molar-refractivity contribution is 0.0991.